The standard InChI is InChI=1S/C22H20N4OS2/c1-15-4-3-5-16(12-15)21-25-18(14-28-21)13-20(27)24-17-6-8-19(9-7-17)29-22-23-10-11-26(22)2/h3-12,14H,13H2,1-2H3,(H,24,27). The fourth-order valence-electron chi connectivity index (χ4n) is 2.83. The number of hydrogen-bond donors (Lipinski definition) is 1. The molecule has 0 bridgehead atoms. The molecule has 4 aromatic rings. The molecule has 2 aromatic carbocycles. The Morgan fingerprint density at radius 1 is 1.21 bits per heavy atom. The van der Waals surface area contributed by atoms with E-state index in [-0.39, 0.29) is 12.3 Å². The minimum atomic E-state index is -0.0735. The molecule has 7 heteroatoms. The predicted octanol–water partition coefficient (Wildman–Crippen LogP) is 5.18. The van der Waals surface area contributed by atoms with Crippen LogP contribution >= 0.6 is 23.1 Å². The van der Waals surface area contributed by atoms with E-state index in [1.807, 2.05) is 59.6 Å². The predicted molar refractivity (Wildman–Crippen MR) is 118 cm³/mol. The van der Waals surface area contributed by atoms with Gasteiger partial charge in [-0.1, -0.05) is 35.5 Å². The van der Waals surface area contributed by atoms with Crippen LogP contribution in [0.25, 0.3) is 10.6 Å². The van der Waals surface area contributed by atoms with Gasteiger partial charge in [0.15, 0.2) is 5.16 Å². The van der Waals surface area contributed by atoms with Crippen LogP contribution in [0.5, 0.6) is 0 Å². The molecule has 5 nitrogen and oxygen atoms in total. The molecule has 0 unspecified atom stereocenters. The van der Waals surface area contributed by atoms with Crippen LogP contribution in [0, 0.1) is 6.92 Å². The summed E-state index contributed by atoms with van der Waals surface area (Å²) in [5.74, 6) is -0.0735. The average molecular weight is 421 g/mol. The van der Waals surface area contributed by atoms with Gasteiger partial charge >= 0.3 is 0 Å². The number of carbonyl (C=O) groups is 1. The Labute approximate surface area is 177 Å². The number of imidazole rings is 1. The van der Waals surface area contributed by atoms with Crippen LogP contribution in [-0.2, 0) is 18.3 Å². The van der Waals surface area contributed by atoms with Crippen molar-refractivity contribution in [3.05, 3.63) is 77.6 Å². The quantitative estimate of drug-likeness (QED) is 0.467. The van der Waals surface area contributed by atoms with E-state index in [1.54, 1.807) is 29.3 Å². The molecule has 146 valence electrons. The number of amides is 1. The lowest BCUT2D eigenvalue weighted by Gasteiger charge is -2.06. The lowest BCUT2D eigenvalue weighted by molar-refractivity contribution is -0.115. The minimum absolute atomic E-state index is 0.0735. The molecular formula is C22H20N4OS2. The van der Waals surface area contributed by atoms with Crippen molar-refractivity contribution in [2.75, 3.05) is 5.32 Å². The second kappa shape index (κ2) is 8.63. The van der Waals surface area contributed by atoms with Crippen LogP contribution in [0.1, 0.15) is 11.3 Å². The third-order valence-corrected chi connectivity index (χ3v) is 6.31. The number of aromatic nitrogens is 3. The third-order valence-electron chi connectivity index (χ3n) is 4.28. The van der Waals surface area contributed by atoms with Crippen molar-refractivity contribution in [2.24, 2.45) is 7.05 Å². The summed E-state index contributed by atoms with van der Waals surface area (Å²) in [6.07, 6.45) is 3.95. The first-order valence-corrected chi connectivity index (χ1v) is 10.8. The Balaban J connectivity index is 1.36. The zero-order valence-electron chi connectivity index (χ0n) is 16.1. The topological polar surface area (TPSA) is 59.8 Å². The van der Waals surface area contributed by atoms with E-state index in [4.69, 9.17) is 0 Å². The Morgan fingerprint density at radius 2 is 2.03 bits per heavy atom. The summed E-state index contributed by atoms with van der Waals surface area (Å²) in [7, 11) is 1.97. The molecule has 2 heterocycles. The molecule has 0 fully saturated rings. The molecule has 0 aliphatic rings. The Kier molecular flexibility index (Phi) is 5.78. The molecule has 1 N–H and O–H groups in total. The minimum Gasteiger partial charge on any atom is -0.329 e. The SMILES string of the molecule is Cc1cccc(-c2nc(CC(=O)Nc3ccc(Sc4nccn4C)cc3)cs2)c1. The summed E-state index contributed by atoms with van der Waals surface area (Å²) in [6, 6.07) is 16.0. The maximum absolute atomic E-state index is 12.4. The summed E-state index contributed by atoms with van der Waals surface area (Å²) >= 11 is 3.15. The number of carbonyl (C=O) groups excluding carboxylic acids is 1. The van der Waals surface area contributed by atoms with E-state index in [0.29, 0.717) is 0 Å². The summed E-state index contributed by atoms with van der Waals surface area (Å²) in [5, 5.41) is 6.75. The lowest BCUT2D eigenvalue weighted by Crippen LogP contribution is -2.14. The van der Waals surface area contributed by atoms with Crippen molar-refractivity contribution in [2.45, 2.75) is 23.4 Å². The zero-order valence-corrected chi connectivity index (χ0v) is 17.8. The summed E-state index contributed by atoms with van der Waals surface area (Å²) in [5.41, 5.74) is 3.84. The molecule has 29 heavy (non-hydrogen) atoms. The number of thiazole rings is 1. The Morgan fingerprint density at radius 3 is 2.76 bits per heavy atom. The lowest BCUT2D eigenvalue weighted by atomic mass is 10.1. The first-order chi connectivity index (χ1) is 14.1. The van der Waals surface area contributed by atoms with Crippen molar-refractivity contribution in [1.82, 2.24) is 14.5 Å². The number of rotatable bonds is 6. The van der Waals surface area contributed by atoms with Gasteiger partial charge in [0.05, 0.1) is 12.1 Å². The van der Waals surface area contributed by atoms with Crippen LogP contribution in [0.15, 0.2) is 76.4 Å². The highest BCUT2D eigenvalue weighted by atomic mass is 32.2. The van der Waals surface area contributed by atoms with Gasteiger partial charge in [0, 0.05) is 41.0 Å². The number of nitrogens with one attached hydrogen (secondary N) is 1. The van der Waals surface area contributed by atoms with Gasteiger partial charge in [-0.2, -0.15) is 0 Å². The maximum Gasteiger partial charge on any atom is 0.230 e. The van der Waals surface area contributed by atoms with Gasteiger partial charge in [-0.15, -0.1) is 11.3 Å². The molecule has 0 atom stereocenters. The Bertz CT molecular complexity index is 1130. The molecule has 0 aliphatic heterocycles. The first-order valence-electron chi connectivity index (χ1n) is 9.13. The molecule has 2 aromatic heterocycles. The second-order valence-electron chi connectivity index (χ2n) is 6.69. The number of anilines is 1. The fraction of sp³-hybridized carbons (Fsp3) is 0.136. The summed E-state index contributed by atoms with van der Waals surface area (Å²) in [4.78, 5) is 22.4. The number of benzene rings is 2. The molecule has 0 radical (unpaired) electrons. The molecule has 4 rings (SSSR count). The third kappa shape index (κ3) is 4.93. The van der Waals surface area contributed by atoms with Crippen molar-refractivity contribution in [3.63, 3.8) is 0 Å². The van der Waals surface area contributed by atoms with Crippen molar-refractivity contribution in [3.8, 4) is 10.6 Å². The summed E-state index contributed by atoms with van der Waals surface area (Å²) in [6.45, 7) is 2.06. The van der Waals surface area contributed by atoms with E-state index in [2.05, 4.69) is 34.3 Å². The van der Waals surface area contributed by atoms with Gasteiger partial charge in [0.25, 0.3) is 0 Å². The second-order valence-corrected chi connectivity index (χ2v) is 8.58. The van der Waals surface area contributed by atoms with Crippen LogP contribution in [0.3, 0.4) is 0 Å². The molecule has 0 saturated heterocycles. The summed E-state index contributed by atoms with van der Waals surface area (Å²) < 4.78 is 1.97. The molecular weight excluding hydrogens is 400 g/mol. The van der Waals surface area contributed by atoms with Gasteiger partial charge in [-0.05, 0) is 37.3 Å². The van der Waals surface area contributed by atoms with E-state index in [0.717, 1.165) is 32.0 Å². The van der Waals surface area contributed by atoms with E-state index < -0.39 is 0 Å². The smallest absolute Gasteiger partial charge is 0.230 e. The molecule has 1 amide bonds. The van der Waals surface area contributed by atoms with Crippen LogP contribution < -0.4 is 5.32 Å². The van der Waals surface area contributed by atoms with E-state index >= 15 is 0 Å². The van der Waals surface area contributed by atoms with Crippen molar-refractivity contribution < 1.29 is 4.79 Å². The highest BCUT2D eigenvalue weighted by molar-refractivity contribution is 7.99. The number of hydrogen-bond acceptors (Lipinski definition) is 5. The van der Waals surface area contributed by atoms with Crippen LogP contribution in [0.4, 0.5) is 5.69 Å². The average Bonchev–Trinajstić information content (AvgIpc) is 3.33. The van der Waals surface area contributed by atoms with Crippen molar-refractivity contribution >= 4 is 34.7 Å². The van der Waals surface area contributed by atoms with Crippen LogP contribution in [-0.4, -0.2) is 20.4 Å². The normalized spacial score (nSPS) is 10.8. The van der Waals surface area contributed by atoms with Gasteiger partial charge in [0.1, 0.15) is 5.01 Å². The van der Waals surface area contributed by atoms with Gasteiger partial charge < -0.3 is 9.88 Å². The maximum atomic E-state index is 12.4. The molecule has 0 spiro atoms. The monoisotopic (exact) mass is 420 g/mol. The Hall–Kier alpha value is -2.90. The van der Waals surface area contributed by atoms with Crippen LogP contribution in [0.2, 0.25) is 0 Å². The largest absolute Gasteiger partial charge is 0.329 e. The van der Waals surface area contributed by atoms with Gasteiger partial charge in [-0.3, -0.25) is 4.79 Å². The molecule has 0 saturated carbocycles. The molecule has 0 aliphatic carbocycles. The van der Waals surface area contributed by atoms with Gasteiger partial charge in [-0.25, -0.2) is 9.97 Å². The van der Waals surface area contributed by atoms with Crippen molar-refractivity contribution in [1.29, 1.82) is 0 Å². The highest BCUT2D eigenvalue weighted by Crippen LogP contribution is 2.27. The highest BCUT2D eigenvalue weighted by Gasteiger charge is 2.10. The van der Waals surface area contributed by atoms with E-state index in [1.165, 1.54) is 5.56 Å². The fourth-order valence-corrected chi connectivity index (χ4v) is 4.45. The number of aryl methyl sites for hydroxylation is 2. The first kappa shape index (κ1) is 19.4. The van der Waals surface area contributed by atoms with E-state index in [9.17, 15) is 4.79 Å². The van der Waals surface area contributed by atoms with Gasteiger partial charge in [0.2, 0.25) is 5.91 Å². The number of nitrogens with zero attached hydrogens (tertiary/aromatic N) is 3. The zero-order chi connectivity index (χ0) is 20.2.